The molecule has 0 saturated heterocycles. The molecule has 0 aliphatic heterocycles. The van der Waals surface area contributed by atoms with Crippen LogP contribution in [-0.4, -0.2) is 27.5 Å². The molecule has 0 radical (unpaired) electrons. The summed E-state index contributed by atoms with van der Waals surface area (Å²) in [7, 11) is 0. The predicted octanol–water partition coefficient (Wildman–Crippen LogP) is 2.61. The van der Waals surface area contributed by atoms with E-state index in [0.717, 1.165) is 6.07 Å². The predicted molar refractivity (Wildman–Crippen MR) is 76.1 cm³/mol. The Morgan fingerprint density at radius 2 is 2.00 bits per heavy atom. The van der Waals surface area contributed by atoms with Crippen LogP contribution in [0.3, 0.4) is 0 Å². The lowest BCUT2D eigenvalue weighted by Crippen LogP contribution is -2.34. The zero-order valence-corrected chi connectivity index (χ0v) is 12.1. The number of alkyl halides is 3. The van der Waals surface area contributed by atoms with Gasteiger partial charge in [-0.15, -0.1) is 0 Å². The average Bonchev–Trinajstić information content (AvgIpc) is 2.96. The molecule has 1 aromatic heterocycles. The van der Waals surface area contributed by atoms with Crippen LogP contribution in [0.2, 0.25) is 0 Å². The van der Waals surface area contributed by atoms with Crippen molar-refractivity contribution < 1.29 is 18.3 Å². The van der Waals surface area contributed by atoms with Gasteiger partial charge in [-0.05, 0) is 24.6 Å². The van der Waals surface area contributed by atoms with Gasteiger partial charge in [0.15, 0.2) is 0 Å². The monoisotopic (exact) mass is 313 g/mol. The fourth-order valence-electron chi connectivity index (χ4n) is 2.22. The number of aliphatic hydroxyl groups is 1. The van der Waals surface area contributed by atoms with Crippen LogP contribution in [0.4, 0.5) is 13.2 Å². The Kier molecular flexibility index (Phi) is 5.20. The van der Waals surface area contributed by atoms with Crippen molar-refractivity contribution in [2.24, 2.45) is 0 Å². The van der Waals surface area contributed by atoms with Crippen molar-refractivity contribution in [2.75, 3.05) is 6.54 Å². The summed E-state index contributed by atoms with van der Waals surface area (Å²) in [6.07, 6.45) is -2.25. The first-order chi connectivity index (χ1) is 10.4. The third-order valence-electron chi connectivity index (χ3n) is 3.30. The Labute approximate surface area is 126 Å². The smallest absolute Gasteiger partial charge is 0.387 e. The van der Waals surface area contributed by atoms with Gasteiger partial charge in [-0.3, -0.25) is 4.68 Å². The Balaban J connectivity index is 1.96. The van der Waals surface area contributed by atoms with Crippen LogP contribution in [0.1, 0.15) is 24.2 Å². The lowest BCUT2D eigenvalue weighted by molar-refractivity contribution is -0.139. The maximum absolute atomic E-state index is 12.9. The average molecular weight is 313 g/mol. The second-order valence-electron chi connectivity index (χ2n) is 5.14. The van der Waals surface area contributed by atoms with E-state index in [1.165, 1.54) is 18.2 Å². The molecule has 120 valence electrons. The summed E-state index contributed by atoms with van der Waals surface area (Å²) in [5.74, 6) is 0. The van der Waals surface area contributed by atoms with Crippen molar-refractivity contribution in [1.29, 1.82) is 0 Å². The summed E-state index contributed by atoms with van der Waals surface area (Å²) in [6, 6.07) is 6.83. The Morgan fingerprint density at radius 3 is 2.64 bits per heavy atom. The number of hydrogen-bond acceptors (Lipinski definition) is 3. The molecule has 2 unspecified atom stereocenters. The minimum Gasteiger partial charge on any atom is -0.387 e. The molecule has 0 amide bonds. The number of halogens is 3. The molecule has 2 aromatic rings. The van der Waals surface area contributed by atoms with Crippen LogP contribution in [-0.2, 0) is 12.7 Å². The number of rotatable bonds is 6. The highest BCUT2D eigenvalue weighted by Crippen LogP contribution is 2.34. The van der Waals surface area contributed by atoms with Gasteiger partial charge in [0.05, 0.1) is 18.2 Å². The first kappa shape index (κ1) is 16.5. The molecule has 2 atom stereocenters. The summed E-state index contributed by atoms with van der Waals surface area (Å²) in [5.41, 5.74) is -0.919. The van der Waals surface area contributed by atoms with Crippen LogP contribution in [0.5, 0.6) is 0 Å². The van der Waals surface area contributed by atoms with E-state index in [9.17, 15) is 18.3 Å². The van der Waals surface area contributed by atoms with Gasteiger partial charge in [-0.1, -0.05) is 18.2 Å². The summed E-state index contributed by atoms with van der Waals surface area (Å²) in [6.45, 7) is 2.49. The normalized spacial score (nSPS) is 14.8. The highest BCUT2D eigenvalue weighted by Gasteiger charge is 2.34. The zero-order valence-electron chi connectivity index (χ0n) is 12.1. The van der Waals surface area contributed by atoms with Gasteiger partial charge in [0.1, 0.15) is 0 Å². The van der Waals surface area contributed by atoms with E-state index in [-0.39, 0.29) is 18.2 Å². The topological polar surface area (TPSA) is 50.1 Å². The van der Waals surface area contributed by atoms with Gasteiger partial charge in [-0.2, -0.15) is 18.3 Å². The van der Waals surface area contributed by atoms with Crippen molar-refractivity contribution in [3.8, 4) is 0 Å². The molecule has 0 bridgehead atoms. The second-order valence-corrected chi connectivity index (χ2v) is 5.14. The molecular formula is C15H18F3N3O. The fraction of sp³-hybridized carbons (Fsp3) is 0.400. The first-order valence-electron chi connectivity index (χ1n) is 6.93. The Hall–Kier alpha value is -1.86. The molecule has 0 saturated carbocycles. The highest BCUT2D eigenvalue weighted by atomic mass is 19.4. The molecular weight excluding hydrogens is 295 g/mol. The maximum atomic E-state index is 12.9. The number of aromatic nitrogens is 2. The van der Waals surface area contributed by atoms with E-state index in [2.05, 4.69) is 10.4 Å². The maximum Gasteiger partial charge on any atom is 0.416 e. The van der Waals surface area contributed by atoms with Crippen molar-refractivity contribution in [2.45, 2.75) is 31.8 Å². The summed E-state index contributed by atoms with van der Waals surface area (Å²) in [5, 5.41) is 17.1. The molecule has 0 aliphatic carbocycles. The van der Waals surface area contributed by atoms with E-state index in [1.807, 2.05) is 6.92 Å². The summed E-state index contributed by atoms with van der Waals surface area (Å²) in [4.78, 5) is 0. The molecule has 1 heterocycles. The number of nitrogens with zero attached hydrogens (tertiary/aromatic N) is 2. The standard InChI is InChI=1S/C15H18F3N3O/c1-11(10-21-8-4-7-20-21)19-9-14(22)12-5-2-3-6-13(12)15(16,17)18/h2-8,11,14,19,22H,9-10H2,1H3. The molecule has 0 spiro atoms. The molecule has 0 fully saturated rings. The fourth-order valence-corrected chi connectivity index (χ4v) is 2.22. The number of nitrogens with one attached hydrogen (secondary N) is 1. The molecule has 2 N–H and O–H groups in total. The number of benzene rings is 1. The van der Waals surface area contributed by atoms with Gasteiger partial charge in [-0.25, -0.2) is 0 Å². The molecule has 0 aliphatic rings. The Bertz CT molecular complexity index is 584. The SMILES string of the molecule is CC(Cn1cccn1)NCC(O)c1ccccc1C(F)(F)F. The second kappa shape index (κ2) is 6.93. The van der Waals surface area contributed by atoms with Gasteiger partial charge in [0.25, 0.3) is 0 Å². The third kappa shape index (κ3) is 4.32. The van der Waals surface area contributed by atoms with Crippen LogP contribution in [0.15, 0.2) is 42.7 Å². The minimum absolute atomic E-state index is 0.0346. The quantitative estimate of drug-likeness (QED) is 0.862. The van der Waals surface area contributed by atoms with E-state index in [1.54, 1.807) is 23.1 Å². The minimum atomic E-state index is -4.47. The van der Waals surface area contributed by atoms with Crippen molar-refractivity contribution in [3.63, 3.8) is 0 Å². The molecule has 4 nitrogen and oxygen atoms in total. The summed E-state index contributed by atoms with van der Waals surface area (Å²) >= 11 is 0. The number of hydrogen-bond donors (Lipinski definition) is 2. The van der Waals surface area contributed by atoms with Crippen LogP contribution < -0.4 is 5.32 Å². The van der Waals surface area contributed by atoms with E-state index < -0.39 is 17.8 Å². The van der Waals surface area contributed by atoms with Crippen molar-refractivity contribution in [3.05, 3.63) is 53.9 Å². The summed E-state index contributed by atoms with van der Waals surface area (Å²) < 4.78 is 40.5. The highest BCUT2D eigenvalue weighted by molar-refractivity contribution is 5.31. The van der Waals surface area contributed by atoms with E-state index in [4.69, 9.17) is 0 Å². The van der Waals surface area contributed by atoms with Gasteiger partial charge in [0.2, 0.25) is 0 Å². The molecule has 2 rings (SSSR count). The zero-order chi connectivity index (χ0) is 16.2. The number of aliphatic hydroxyl groups excluding tert-OH is 1. The van der Waals surface area contributed by atoms with Crippen LogP contribution >= 0.6 is 0 Å². The van der Waals surface area contributed by atoms with Crippen LogP contribution in [0.25, 0.3) is 0 Å². The van der Waals surface area contributed by atoms with Gasteiger partial charge < -0.3 is 10.4 Å². The van der Waals surface area contributed by atoms with Gasteiger partial charge >= 0.3 is 6.18 Å². The van der Waals surface area contributed by atoms with Gasteiger partial charge in [0, 0.05) is 25.0 Å². The van der Waals surface area contributed by atoms with E-state index >= 15 is 0 Å². The third-order valence-corrected chi connectivity index (χ3v) is 3.30. The lowest BCUT2D eigenvalue weighted by atomic mass is 10.0. The molecule has 22 heavy (non-hydrogen) atoms. The largest absolute Gasteiger partial charge is 0.416 e. The lowest BCUT2D eigenvalue weighted by Gasteiger charge is -2.20. The van der Waals surface area contributed by atoms with Crippen molar-refractivity contribution in [1.82, 2.24) is 15.1 Å². The van der Waals surface area contributed by atoms with Crippen molar-refractivity contribution >= 4 is 0 Å². The molecule has 1 aromatic carbocycles. The Morgan fingerprint density at radius 1 is 1.27 bits per heavy atom. The van der Waals surface area contributed by atoms with E-state index in [0.29, 0.717) is 6.54 Å². The molecule has 7 heteroatoms. The first-order valence-corrected chi connectivity index (χ1v) is 6.93. The van der Waals surface area contributed by atoms with Crippen LogP contribution in [0, 0.1) is 0 Å².